The third-order valence-corrected chi connectivity index (χ3v) is 5.03. The Morgan fingerprint density at radius 1 is 1.12 bits per heavy atom. The molecule has 1 amide bonds. The van der Waals surface area contributed by atoms with Crippen LogP contribution in [0.1, 0.15) is 27.2 Å². The maximum atomic E-state index is 13.4. The molecule has 0 unspecified atom stereocenters. The zero-order valence-electron chi connectivity index (χ0n) is 17.5. The van der Waals surface area contributed by atoms with Gasteiger partial charge in [-0.15, -0.1) is 0 Å². The summed E-state index contributed by atoms with van der Waals surface area (Å²) >= 11 is 6.21. The van der Waals surface area contributed by atoms with Gasteiger partial charge in [-0.25, -0.2) is 9.07 Å². The Bertz CT molecular complexity index is 1270. The molecule has 0 saturated carbocycles. The summed E-state index contributed by atoms with van der Waals surface area (Å²) in [5, 5.41) is 11.4. The zero-order valence-corrected chi connectivity index (χ0v) is 18.3. The minimum atomic E-state index is -0.451. The van der Waals surface area contributed by atoms with Gasteiger partial charge < -0.3 is 10.1 Å². The fourth-order valence-corrected chi connectivity index (χ4v) is 3.31. The monoisotopic (exact) mass is 453 g/mol. The molecule has 2 aromatic carbocycles. The third-order valence-electron chi connectivity index (χ3n) is 4.75. The number of rotatable bonds is 7. The van der Waals surface area contributed by atoms with Crippen LogP contribution < -0.4 is 10.1 Å². The number of anilines is 1. The van der Waals surface area contributed by atoms with E-state index < -0.39 is 5.91 Å². The van der Waals surface area contributed by atoms with Crippen LogP contribution in [0.3, 0.4) is 0 Å². The number of ether oxygens (including phenoxy) is 1. The summed E-state index contributed by atoms with van der Waals surface area (Å²) in [4.78, 5) is 12.6. The van der Waals surface area contributed by atoms with Crippen molar-refractivity contribution < 1.29 is 13.9 Å². The predicted molar refractivity (Wildman–Crippen MR) is 119 cm³/mol. The number of aryl methyl sites for hydroxylation is 2. The van der Waals surface area contributed by atoms with Gasteiger partial charge in [0.25, 0.3) is 5.91 Å². The van der Waals surface area contributed by atoms with Crippen molar-refractivity contribution in [3.05, 3.63) is 94.1 Å². The van der Waals surface area contributed by atoms with E-state index in [4.69, 9.17) is 16.3 Å². The van der Waals surface area contributed by atoms with Crippen LogP contribution >= 0.6 is 11.6 Å². The second-order valence-corrected chi connectivity index (χ2v) is 7.80. The molecule has 0 saturated heterocycles. The minimum Gasteiger partial charge on any atom is -0.471 e. The zero-order chi connectivity index (χ0) is 22.7. The van der Waals surface area contributed by atoms with Crippen LogP contribution in [0, 0.1) is 19.7 Å². The maximum absolute atomic E-state index is 13.4. The maximum Gasteiger partial charge on any atom is 0.277 e. The lowest BCUT2D eigenvalue weighted by atomic mass is 10.1. The van der Waals surface area contributed by atoms with E-state index in [2.05, 4.69) is 15.5 Å². The van der Waals surface area contributed by atoms with Gasteiger partial charge in [-0.3, -0.25) is 9.48 Å². The highest BCUT2D eigenvalue weighted by atomic mass is 35.5. The third kappa shape index (κ3) is 5.15. The van der Waals surface area contributed by atoms with Gasteiger partial charge in [0.2, 0.25) is 0 Å². The lowest BCUT2D eigenvalue weighted by molar-refractivity contribution is 0.101. The normalized spacial score (nSPS) is 10.9. The van der Waals surface area contributed by atoms with Crippen molar-refractivity contribution in [2.24, 2.45) is 0 Å². The molecule has 4 rings (SSSR count). The van der Waals surface area contributed by atoms with Gasteiger partial charge in [-0.1, -0.05) is 35.9 Å². The Hall–Kier alpha value is -3.65. The molecule has 2 aromatic heterocycles. The first-order chi connectivity index (χ1) is 15.4. The fraction of sp³-hybridized carbons (Fsp3) is 0.174. The molecule has 0 bridgehead atoms. The van der Waals surface area contributed by atoms with E-state index >= 15 is 0 Å². The topological polar surface area (TPSA) is 74.0 Å². The first-order valence-electron chi connectivity index (χ1n) is 9.89. The Kier molecular flexibility index (Phi) is 6.23. The first-order valence-corrected chi connectivity index (χ1v) is 10.3. The molecular formula is C23H21ClFN5O2. The predicted octanol–water partition coefficient (Wildman–Crippen LogP) is 4.83. The summed E-state index contributed by atoms with van der Waals surface area (Å²) in [6.45, 7) is 4.44. The molecule has 2 heterocycles. The number of nitrogens with one attached hydrogen (secondary N) is 1. The lowest BCUT2D eigenvalue weighted by Gasteiger charge is -2.09. The van der Waals surface area contributed by atoms with Crippen LogP contribution in [-0.4, -0.2) is 25.5 Å². The van der Waals surface area contributed by atoms with E-state index in [1.54, 1.807) is 30.6 Å². The molecule has 0 fully saturated rings. The number of carbonyl (C=O) groups excluding carboxylic acids is 1. The van der Waals surface area contributed by atoms with Crippen molar-refractivity contribution in [1.82, 2.24) is 19.6 Å². The molecule has 0 spiro atoms. The van der Waals surface area contributed by atoms with E-state index in [-0.39, 0.29) is 29.1 Å². The van der Waals surface area contributed by atoms with Crippen molar-refractivity contribution in [3.63, 3.8) is 0 Å². The standard InChI is InChI=1S/C23H21ClFN5O2/c1-15-6-7-16(2)21(10-15)32-14-29-9-8-20(27-29)23(31)26-22-19(24)13-30(28-22)12-17-4-3-5-18(25)11-17/h3-11,13H,12,14H2,1-2H3,(H,26,28,31). The van der Waals surface area contributed by atoms with Gasteiger partial charge in [0, 0.05) is 12.4 Å². The van der Waals surface area contributed by atoms with Crippen LogP contribution in [-0.2, 0) is 13.3 Å². The van der Waals surface area contributed by atoms with Crippen LogP contribution in [0.2, 0.25) is 5.02 Å². The molecule has 9 heteroatoms. The number of carbonyl (C=O) groups is 1. The Labute approximate surface area is 189 Å². The SMILES string of the molecule is Cc1ccc(C)c(OCn2ccc(C(=O)Nc3nn(Cc4cccc(F)c4)cc3Cl)n2)c1. The second kappa shape index (κ2) is 9.23. The molecule has 0 aliphatic rings. The summed E-state index contributed by atoms with van der Waals surface area (Å²) in [7, 11) is 0. The number of benzene rings is 2. The Morgan fingerprint density at radius 3 is 2.78 bits per heavy atom. The average Bonchev–Trinajstić information content (AvgIpc) is 3.35. The molecule has 32 heavy (non-hydrogen) atoms. The van der Waals surface area contributed by atoms with Gasteiger partial charge in [-0.05, 0) is 54.8 Å². The average molecular weight is 454 g/mol. The number of amides is 1. The molecule has 4 aromatic rings. The highest BCUT2D eigenvalue weighted by molar-refractivity contribution is 6.33. The van der Waals surface area contributed by atoms with Gasteiger partial charge in [-0.2, -0.15) is 10.2 Å². The molecule has 7 nitrogen and oxygen atoms in total. The molecule has 0 aliphatic heterocycles. The lowest BCUT2D eigenvalue weighted by Crippen LogP contribution is -2.15. The quantitative estimate of drug-likeness (QED) is 0.435. The van der Waals surface area contributed by atoms with Crippen LogP contribution in [0.4, 0.5) is 10.2 Å². The Morgan fingerprint density at radius 2 is 1.97 bits per heavy atom. The number of halogens is 2. The number of hydrogen-bond donors (Lipinski definition) is 1. The second-order valence-electron chi connectivity index (χ2n) is 7.39. The van der Waals surface area contributed by atoms with E-state index in [9.17, 15) is 9.18 Å². The molecular weight excluding hydrogens is 433 g/mol. The van der Waals surface area contributed by atoms with Gasteiger partial charge in [0.15, 0.2) is 18.2 Å². The number of aromatic nitrogens is 4. The van der Waals surface area contributed by atoms with Crippen molar-refractivity contribution in [2.75, 3.05) is 5.32 Å². The highest BCUT2D eigenvalue weighted by Crippen LogP contribution is 2.21. The summed E-state index contributed by atoms with van der Waals surface area (Å²) in [5.41, 5.74) is 3.04. The van der Waals surface area contributed by atoms with Crippen LogP contribution in [0.5, 0.6) is 5.75 Å². The summed E-state index contributed by atoms with van der Waals surface area (Å²) in [5.74, 6) is 0.191. The highest BCUT2D eigenvalue weighted by Gasteiger charge is 2.15. The van der Waals surface area contributed by atoms with E-state index in [1.807, 2.05) is 32.0 Å². The number of hydrogen-bond acceptors (Lipinski definition) is 4. The van der Waals surface area contributed by atoms with Crippen molar-refractivity contribution in [3.8, 4) is 5.75 Å². The molecule has 0 aliphatic carbocycles. The minimum absolute atomic E-state index is 0.167. The summed E-state index contributed by atoms with van der Waals surface area (Å²) < 4.78 is 22.2. The van der Waals surface area contributed by atoms with Gasteiger partial charge in [0.05, 0.1) is 6.54 Å². The number of nitrogens with zero attached hydrogens (tertiary/aromatic N) is 4. The summed E-state index contributed by atoms with van der Waals surface area (Å²) in [6.07, 6.45) is 3.23. The summed E-state index contributed by atoms with van der Waals surface area (Å²) in [6, 6.07) is 13.7. The van der Waals surface area contributed by atoms with E-state index in [1.165, 1.54) is 21.5 Å². The van der Waals surface area contributed by atoms with E-state index in [0.29, 0.717) is 6.54 Å². The van der Waals surface area contributed by atoms with Crippen LogP contribution in [0.25, 0.3) is 0 Å². The first kappa shape index (κ1) is 21.6. The van der Waals surface area contributed by atoms with E-state index in [0.717, 1.165) is 22.4 Å². The molecule has 164 valence electrons. The largest absolute Gasteiger partial charge is 0.471 e. The van der Waals surface area contributed by atoms with Crippen LogP contribution in [0.15, 0.2) is 60.9 Å². The van der Waals surface area contributed by atoms with Gasteiger partial charge >= 0.3 is 0 Å². The van der Waals surface area contributed by atoms with Crippen molar-refractivity contribution >= 4 is 23.3 Å². The van der Waals surface area contributed by atoms with Crippen molar-refractivity contribution in [2.45, 2.75) is 27.1 Å². The van der Waals surface area contributed by atoms with Gasteiger partial charge in [0.1, 0.15) is 16.6 Å². The molecule has 0 radical (unpaired) electrons. The smallest absolute Gasteiger partial charge is 0.277 e. The fourth-order valence-electron chi connectivity index (χ4n) is 3.11. The molecule has 0 atom stereocenters. The molecule has 1 N–H and O–H groups in total. The Balaban J connectivity index is 1.39. The van der Waals surface area contributed by atoms with Crippen molar-refractivity contribution in [1.29, 1.82) is 0 Å².